The second-order valence-corrected chi connectivity index (χ2v) is 10.8. The fourth-order valence-corrected chi connectivity index (χ4v) is 5.26. The zero-order valence-corrected chi connectivity index (χ0v) is 21.9. The number of nitrogens with two attached hydrogens (primary N) is 1. The Hall–Kier alpha value is -3.65. The average Bonchev–Trinajstić information content (AvgIpc) is 3.62. The number of nitrogens with zero attached hydrogens (tertiary/aromatic N) is 2. The van der Waals surface area contributed by atoms with Crippen LogP contribution < -0.4 is 11.1 Å². The van der Waals surface area contributed by atoms with Crippen molar-refractivity contribution in [3.63, 3.8) is 0 Å². The topological polar surface area (TPSA) is 72.9 Å². The van der Waals surface area contributed by atoms with E-state index in [0.29, 0.717) is 12.1 Å². The zero-order chi connectivity index (χ0) is 27.6. The minimum absolute atomic E-state index is 0.181. The molecule has 2 aliphatic carbocycles. The van der Waals surface area contributed by atoms with E-state index < -0.39 is 23.3 Å². The van der Waals surface area contributed by atoms with Gasteiger partial charge < -0.3 is 11.1 Å². The molecule has 3 aromatic rings. The number of benzene rings is 2. The molecule has 2 aliphatic rings. The van der Waals surface area contributed by atoms with Gasteiger partial charge in [-0.3, -0.25) is 4.79 Å². The van der Waals surface area contributed by atoms with Gasteiger partial charge in [-0.05, 0) is 60.9 Å². The molecule has 5 nitrogen and oxygen atoms in total. The van der Waals surface area contributed by atoms with Crippen molar-refractivity contribution in [3.8, 4) is 5.69 Å². The lowest BCUT2D eigenvalue weighted by atomic mass is 9.80. The highest BCUT2D eigenvalue weighted by atomic mass is 19.4. The first kappa shape index (κ1) is 26.9. The molecule has 2 unspecified atom stereocenters. The smallest absolute Gasteiger partial charge is 0.342 e. The van der Waals surface area contributed by atoms with Crippen LogP contribution >= 0.6 is 0 Å². The van der Waals surface area contributed by atoms with Gasteiger partial charge in [-0.1, -0.05) is 73.5 Å². The molecule has 5 rings (SSSR count). The third kappa shape index (κ3) is 6.33. The first-order valence-electron chi connectivity index (χ1n) is 13.4. The van der Waals surface area contributed by atoms with Gasteiger partial charge >= 0.3 is 6.18 Å². The Kier molecular flexibility index (Phi) is 7.49. The summed E-state index contributed by atoms with van der Waals surface area (Å²) in [6.45, 7) is 2.11. The van der Waals surface area contributed by atoms with Crippen LogP contribution in [-0.4, -0.2) is 21.2 Å². The number of rotatable bonds is 9. The van der Waals surface area contributed by atoms with Crippen LogP contribution in [0.15, 0.2) is 84.5 Å². The molecule has 2 atom stereocenters. The third-order valence-electron chi connectivity index (χ3n) is 7.52. The first-order valence-corrected chi connectivity index (χ1v) is 13.4. The van der Waals surface area contributed by atoms with Gasteiger partial charge in [0.2, 0.25) is 0 Å². The number of halogens is 3. The second kappa shape index (κ2) is 10.8. The summed E-state index contributed by atoms with van der Waals surface area (Å²) >= 11 is 0. The molecule has 1 amide bonds. The number of aromatic nitrogens is 2. The molecule has 39 heavy (non-hydrogen) atoms. The number of allylic oxidation sites excluding steroid dienone is 2. The number of carbonyl (C=O) groups is 1. The fourth-order valence-electron chi connectivity index (χ4n) is 5.26. The van der Waals surface area contributed by atoms with Crippen LogP contribution in [0.4, 0.5) is 13.2 Å². The van der Waals surface area contributed by atoms with Crippen molar-refractivity contribution in [2.45, 2.75) is 63.2 Å². The molecule has 0 spiro atoms. The van der Waals surface area contributed by atoms with Crippen LogP contribution in [0.3, 0.4) is 0 Å². The maximum absolute atomic E-state index is 13.6. The van der Waals surface area contributed by atoms with Gasteiger partial charge in [-0.2, -0.15) is 18.3 Å². The maximum atomic E-state index is 13.6. The summed E-state index contributed by atoms with van der Waals surface area (Å²) in [6, 6.07) is 17.8. The van der Waals surface area contributed by atoms with Gasteiger partial charge in [0, 0.05) is 18.5 Å². The summed E-state index contributed by atoms with van der Waals surface area (Å²) in [5.41, 5.74) is 7.03. The molecule has 8 heteroatoms. The van der Waals surface area contributed by atoms with Crippen LogP contribution in [0.2, 0.25) is 0 Å². The van der Waals surface area contributed by atoms with Crippen LogP contribution in [0.5, 0.6) is 0 Å². The Labute approximate surface area is 226 Å². The largest absolute Gasteiger partial charge is 0.435 e. The molecule has 1 aromatic heterocycles. The van der Waals surface area contributed by atoms with E-state index in [1.54, 1.807) is 24.3 Å². The lowest BCUT2D eigenvalue weighted by Gasteiger charge is -2.32. The van der Waals surface area contributed by atoms with Gasteiger partial charge in [0.15, 0.2) is 5.69 Å². The molecular weight excluding hydrogens is 501 g/mol. The molecule has 1 fully saturated rings. The maximum Gasteiger partial charge on any atom is 0.435 e. The lowest BCUT2D eigenvalue weighted by Crippen LogP contribution is -2.45. The van der Waals surface area contributed by atoms with E-state index >= 15 is 0 Å². The zero-order valence-electron chi connectivity index (χ0n) is 21.9. The quantitative estimate of drug-likeness (QED) is 0.321. The normalized spacial score (nSPS) is 20.0. The summed E-state index contributed by atoms with van der Waals surface area (Å²) < 4.78 is 41.9. The van der Waals surface area contributed by atoms with Crippen LogP contribution in [-0.2, 0) is 12.7 Å². The van der Waals surface area contributed by atoms with E-state index in [1.807, 2.05) is 31.2 Å². The summed E-state index contributed by atoms with van der Waals surface area (Å²) in [6.07, 6.45) is 6.77. The van der Waals surface area contributed by atoms with Crippen LogP contribution in [0.1, 0.15) is 72.3 Å². The van der Waals surface area contributed by atoms with Crippen molar-refractivity contribution in [1.82, 2.24) is 15.1 Å². The van der Waals surface area contributed by atoms with E-state index in [9.17, 15) is 18.0 Å². The highest BCUT2D eigenvalue weighted by molar-refractivity contribution is 5.94. The Morgan fingerprint density at radius 1 is 1.15 bits per heavy atom. The van der Waals surface area contributed by atoms with Crippen molar-refractivity contribution in [1.29, 1.82) is 0 Å². The predicted octanol–water partition coefficient (Wildman–Crippen LogP) is 6.70. The van der Waals surface area contributed by atoms with Crippen molar-refractivity contribution < 1.29 is 18.0 Å². The molecule has 204 valence electrons. The average molecular weight is 535 g/mol. The van der Waals surface area contributed by atoms with E-state index in [-0.39, 0.29) is 18.2 Å². The Balaban J connectivity index is 1.45. The lowest BCUT2D eigenvalue weighted by molar-refractivity contribution is -0.141. The molecule has 1 heterocycles. The summed E-state index contributed by atoms with van der Waals surface area (Å²) in [5.74, 6) is 0.344. The van der Waals surface area contributed by atoms with E-state index in [4.69, 9.17) is 5.73 Å². The Morgan fingerprint density at radius 2 is 1.92 bits per heavy atom. The van der Waals surface area contributed by atoms with Gasteiger partial charge in [0.25, 0.3) is 5.91 Å². The monoisotopic (exact) mass is 534 g/mol. The Bertz CT molecular complexity index is 1390. The number of amides is 1. The van der Waals surface area contributed by atoms with E-state index in [1.165, 1.54) is 18.4 Å². The first-order chi connectivity index (χ1) is 18.6. The molecule has 0 radical (unpaired) electrons. The molecule has 3 N–H and O–H groups in total. The molecule has 0 saturated heterocycles. The Morgan fingerprint density at radius 3 is 2.62 bits per heavy atom. The van der Waals surface area contributed by atoms with Crippen molar-refractivity contribution in [2.24, 2.45) is 11.7 Å². The van der Waals surface area contributed by atoms with Gasteiger partial charge in [-0.15, -0.1) is 0 Å². The number of alkyl halides is 3. The number of hydrogen-bond donors (Lipinski definition) is 2. The van der Waals surface area contributed by atoms with Gasteiger partial charge in [0.05, 0.1) is 11.2 Å². The molecule has 2 aromatic carbocycles. The highest BCUT2D eigenvalue weighted by Gasteiger charge is 2.37. The minimum Gasteiger partial charge on any atom is -0.342 e. The molecule has 0 bridgehead atoms. The minimum atomic E-state index is -4.69. The van der Waals surface area contributed by atoms with Crippen molar-refractivity contribution in [3.05, 3.63) is 107 Å². The fraction of sp³-hybridized carbons (Fsp3) is 0.355. The molecule has 1 saturated carbocycles. The SMILES string of the molecule is CC1(NC(=O)c2cc(C(F)(F)F)nn2-c2cccc(CN)c2)C=C(C(CCC2CC2)c2ccccc2)C=CC1. The standard InChI is InChI=1S/C31H33F3N4O/c1-30(16-6-10-24(19-30)26(15-14-21-12-13-21)23-8-3-2-4-9-23)36-29(39)27-18-28(31(32,33)34)37-38(27)25-11-5-7-22(17-25)20-35/h2-11,17-19,21,26H,12-16,20,35H2,1H3,(H,36,39). The second-order valence-electron chi connectivity index (χ2n) is 10.8. The predicted molar refractivity (Wildman–Crippen MR) is 145 cm³/mol. The van der Waals surface area contributed by atoms with Crippen LogP contribution in [0.25, 0.3) is 5.69 Å². The van der Waals surface area contributed by atoms with Gasteiger partial charge in [0.1, 0.15) is 5.69 Å². The summed E-state index contributed by atoms with van der Waals surface area (Å²) in [4.78, 5) is 13.6. The van der Waals surface area contributed by atoms with E-state index in [0.717, 1.165) is 40.6 Å². The number of hydrogen-bond acceptors (Lipinski definition) is 3. The van der Waals surface area contributed by atoms with Crippen molar-refractivity contribution >= 4 is 5.91 Å². The van der Waals surface area contributed by atoms with E-state index in [2.05, 4.69) is 34.7 Å². The van der Waals surface area contributed by atoms with Crippen molar-refractivity contribution in [2.75, 3.05) is 0 Å². The summed E-state index contributed by atoms with van der Waals surface area (Å²) in [7, 11) is 0. The molecular formula is C31H33F3N4O. The highest BCUT2D eigenvalue weighted by Crippen LogP contribution is 2.40. The van der Waals surface area contributed by atoms with Gasteiger partial charge in [-0.25, -0.2) is 4.68 Å². The number of nitrogens with one attached hydrogen (secondary N) is 1. The van der Waals surface area contributed by atoms with Crippen LogP contribution in [0, 0.1) is 5.92 Å². The number of carbonyl (C=O) groups excluding carboxylic acids is 1. The third-order valence-corrected chi connectivity index (χ3v) is 7.52. The summed E-state index contributed by atoms with van der Waals surface area (Å²) in [5, 5.41) is 6.76. The molecule has 0 aliphatic heterocycles.